The van der Waals surface area contributed by atoms with Crippen molar-refractivity contribution in [2.75, 3.05) is 11.9 Å². The van der Waals surface area contributed by atoms with E-state index in [1.807, 2.05) is 23.9 Å². The highest BCUT2D eigenvalue weighted by Crippen LogP contribution is 2.37. The maximum absolute atomic E-state index is 6.14. The number of hydrogen-bond acceptors (Lipinski definition) is 2. The van der Waals surface area contributed by atoms with Gasteiger partial charge < -0.3 is 5.32 Å². The SMILES string of the molecule is Clc1ccc(Cl)c(NCC2Cc3ccccc3S2)c1. The molecule has 19 heavy (non-hydrogen) atoms. The van der Waals surface area contributed by atoms with Crippen LogP contribution in [-0.4, -0.2) is 11.8 Å². The molecule has 2 aromatic rings. The van der Waals surface area contributed by atoms with Gasteiger partial charge in [-0.2, -0.15) is 0 Å². The van der Waals surface area contributed by atoms with Crippen molar-refractivity contribution < 1.29 is 0 Å². The minimum Gasteiger partial charge on any atom is -0.383 e. The monoisotopic (exact) mass is 309 g/mol. The van der Waals surface area contributed by atoms with Crippen LogP contribution in [0, 0.1) is 0 Å². The Kier molecular flexibility index (Phi) is 3.92. The predicted molar refractivity (Wildman–Crippen MR) is 84.7 cm³/mol. The lowest BCUT2D eigenvalue weighted by atomic mass is 10.1. The van der Waals surface area contributed by atoms with Crippen LogP contribution >= 0.6 is 35.0 Å². The van der Waals surface area contributed by atoms with Crippen LogP contribution in [0.5, 0.6) is 0 Å². The molecule has 1 aliphatic rings. The molecule has 1 nitrogen and oxygen atoms in total. The largest absolute Gasteiger partial charge is 0.383 e. The van der Waals surface area contributed by atoms with Crippen molar-refractivity contribution in [2.24, 2.45) is 0 Å². The summed E-state index contributed by atoms with van der Waals surface area (Å²) in [7, 11) is 0. The van der Waals surface area contributed by atoms with Gasteiger partial charge in [0.1, 0.15) is 0 Å². The van der Waals surface area contributed by atoms with Crippen LogP contribution in [0.25, 0.3) is 0 Å². The van der Waals surface area contributed by atoms with Crippen LogP contribution in [0.15, 0.2) is 47.4 Å². The molecule has 0 spiro atoms. The fourth-order valence-electron chi connectivity index (χ4n) is 2.22. The molecule has 2 aromatic carbocycles. The Morgan fingerprint density at radius 1 is 1.16 bits per heavy atom. The molecule has 98 valence electrons. The van der Waals surface area contributed by atoms with Gasteiger partial charge in [-0.05, 0) is 36.2 Å². The van der Waals surface area contributed by atoms with Crippen molar-refractivity contribution in [1.82, 2.24) is 0 Å². The highest BCUT2D eigenvalue weighted by Gasteiger charge is 2.21. The number of rotatable bonds is 3. The van der Waals surface area contributed by atoms with E-state index in [4.69, 9.17) is 23.2 Å². The summed E-state index contributed by atoms with van der Waals surface area (Å²) in [6.45, 7) is 0.888. The highest BCUT2D eigenvalue weighted by molar-refractivity contribution is 8.00. The van der Waals surface area contributed by atoms with E-state index in [9.17, 15) is 0 Å². The van der Waals surface area contributed by atoms with Gasteiger partial charge in [0.15, 0.2) is 0 Å². The minimum atomic E-state index is 0.549. The van der Waals surface area contributed by atoms with E-state index < -0.39 is 0 Å². The number of anilines is 1. The van der Waals surface area contributed by atoms with Gasteiger partial charge >= 0.3 is 0 Å². The molecule has 0 bridgehead atoms. The van der Waals surface area contributed by atoms with Crippen LogP contribution in [0.4, 0.5) is 5.69 Å². The summed E-state index contributed by atoms with van der Waals surface area (Å²) in [6.07, 6.45) is 1.10. The zero-order chi connectivity index (χ0) is 13.2. The molecule has 0 radical (unpaired) electrons. The van der Waals surface area contributed by atoms with Gasteiger partial charge in [0.25, 0.3) is 0 Å². The zero-order valence-electron chi connectivity index (χ0n) is 10.2. The third-order valence-electron chi connectivity index (χ3n) is 3.16. The summed E-state index contributed by atoms with van der Waals surface area (Å²) in [5.74, 6) is 0. The summed E-state index contributed by atoms with van der Waals surface area (Å²) >= 11 is 14.1. The summed E-state index contributed by atoms with van der Waals surface area (Å²) in [5.41, 5.74) is 2.35. The van der Waals surface area contributed by atoms with Crippen molar-refractivity contribution >= 4 is 40.7 Å². The molecule has 3 rings (SSSR count). The Hall–Kier alpha value is -0.830. The molecule has 1 heterocycles. The molecule has 1 atom stereocenters. The molecule has 1 N–H and O–H groups in total. The second-order valence-electron chi connectivity index (χ2n) is 4.56. The summed E-state index contributed by atoms with van der Waals surface area (Å²) in [6, 6.07) is 14.1. The van der Waals surface area contributed by atoms with E-state index in [1.165, 1.54) is 10.5 Å². The lowest BCUT2D eigenvalue weighted by Crippen LogP contribution is -2.15. The molecule has 0 saturated heterocycles. The number of halogens is 2. The molecule has 0 saturated carbocycles. The first-order valence-corrected chi connectivity index (χ1v) is 7.79. The summed E-state index contributed by atoms with van der Waals surface area (Å²) < 4.78 is 0. The standard InChI is InChI=1S/C15H13Cl2NS/c16-11-5-6-13(17)14(8-11)18-9-12-7-10-3-1-2-4-15(10)19-12/h1-6,8,12,18H,7,9H2. The lowest BCUT2D eigenvalue weighted by molar-refractivity contribution is 0.899. The second-order valence-corrected chi connectivity index (χ2v) is 6.74. The van der Waals surface area contributed by atoms with Gasteiger partial charge in [0.2, 0.25) is 0 Å². The highest BCUT2D eigenvalue weighted by atomic mass is 35.5. The van der Waals surface area contributed by atoms with Gasteiger partial charge in [-0.15, -0.1) is 11.8 Å². The molecule has 4 heteroatoms. The summed E-state index contributed by atoms with van der Waals surface area (Å²) in [4.78, 5) is 1.39. The van der Waals surface area contributed by atoms with Crippen LogP contribution in [0.2, 0.25) is 10.0 Å². The molecular formula is C15H13Cl2NS. The zero-order valence-corrected chi connectivity index (χ0v) is 12.5. The Morgan fingerprint density at radius 3 is 2.84 bits per heavy atom. The van der Waals surface area contributed by atoms with Gasteiger partial charge in [0.05, 0.1) is 10.7 Å². The Morgan fingerprint density at radius 2 is 2.00 bits per heavy atom. The minimum absolute atomic E-state index is 0.549. The Balaban J connectivity index is 1.64. The van der Waals surface area contributed by atoms with E-state index in [-0.39, 0.29) is 0 Å². The maximum atomic E-state index is 6.14. The third-order valence-corrected chi connectivity index (χ3v) is 5.05. The van der Waals surface area contributed by atoms with Crippen LogP contribution < -0.4 is 5.32 Å². The molecule has 0 aromatic heterocycles. The molecular weight excluding hydrogens is 297 g/mol. The number of hydrogen-bond donors (Lipinski definition) is 1. The predicted octanol–water partition coefficient (Wildman–Crippen LogP) is 5.12. The lowest BCUT2D eigenvalue weighted by Gasteiger charge is -2.12. The van der Waals surface area contributed by atoms with Crippen LogP contribution in [0.3, 0.4) is 0 Å². The smallest absolute Gasteiger partial charge is 0.0638 e. The fraction of sp³-hybridized carbons (Fsp3) is 0.200. The fourth-order valence-corrected chi connectivity index (χ4v) is 3.83. The van der Waals surface area contributed by atoms with Crippen molar-refractivity contribution in [3.8, 4) is 0 Å². The molecule has 0 fully saturated rings. The van der Waals surface area contributed by atoms with Gasteiger partial charge in [0, 0.05) is 21.7 Å². The first kappa shape index (κ1) is 13.2. The average molecular weight is 310 g/mol. The topological polar surface area (TPSA) is 12.0 Å². The van der Waals surface area contributed by atoms with E-state index in [1.54, 1.807) is 6.07 Å². The first-order valence-electron chi connectivity index (χ1n) is 6.16. The quantitative estimate of drug-likeness (QED) is 0.844. The van der Waals surface area contributed by atoms with E-state index >= 15 is 0 Å². The van der Waals surface area contributed by atoms with E-state index in [2.05, 4.69) is 29.6 Å². The van der Waals surface area contributed by atoms with Crippen molar-refractivity contribution in [2.45, 2.75) is 16.6 Å². The van der Waals surface area contributed by atoms with Gasteiger partial charge in [-0.25, -0.2) is 0 Å². The normalized spacial score (nSPS) is 17.3. The molecule has 1 aliphatic heterocycles. The van der Waals surface area contributed by atoms with E-state index in [0.29, 0.717) is 15.3 Å². The molecule has 1 unspecified atom stereocenters. The van der Waals surface area contributed by atoms with Crippen molar-refractivity contribution in [1.29, 1.82) is 0 Å². The van der Waals surface area contributed by atoms with Gasteiger partial charge in [-0.1, -0.05) is 41.4 Å². The molecule has 0 aliphatic carbocycles. The van der Waals surface area contributed by atoms with E-state index in [0.717, 1.165) is 18.7 Å². The number of fused-ring (bicyclic) bond motifs is 1. The number of benzene rings is 2. The number of nitrogens with one attached hydrogen (secondary N) is 1. The van der Waals surface area contributed by atoms with Gasteiger partial charge in [-0.3, -0.25) is 0 Å². The Bertz CT molecular complexity index is 575. The second kappa shape index (κ2) is 5.66. The third kappa shape index (κ3) is 3.02. The van der Waals surface area contributed by atoms with Crippen molar-refractivity contribution in [3.05, 3.63) is 58.1 Å². The summed E-state index contributed by atoms with van der Waals surface area (Å²) in [5, 5.41) is 5.36. The molecule has 0 amide bonds. The number of thioether (sulfide) groups is 1. The average Bonchev–Trinajstić information content (AvgIpc) is 2.82. The van der Waals surface area contributed by atoms with Crippen molar-refractivity contribution in [3.63, 3.8) is 0 Å². The van der Waals surface area contributed by atoms with Crippen LogP contribution in [0.1, 0.15) is 5.56 Å². The first-order chi connectivity index (χ1) is 9.22. The van der Waals surface area contributed by atoms with Crippen LogP contribution in [-0.2, 0) is 6.42 Å². The maximum Gasteiger partial charge on any atom is 0.0638 e. The Labute approximate surface area is 127 Å².